The van der Waals surface area contributed by atoms with Gasteiger partial charge in [-0.3, -0.25) is 0 Å². The number of nitrogens with zero attached hydrogens (tertiary/aromatic N) is 2. The summed E-state index contributed by atoms with van der Waals surface area (Å²) in [5, 5.41) is 4.68. The summed E-state index contributed by atoms with van der Waals surface area (Å²) in [6, 6.07) is 23.1. The Morgan fingerprint density at radius 1 is 0.833 bits per heavy atom. The molecular formula is C20H21Br2N2+. The van der Waals surface area contributed by atoms with Crippen LogP contribution in [0.2, 0.25) is 0 Å². The fraction of sp³-hybridized carbons (Fsp3) is 0.200. The Morgan fingerprint density at radius 2 is 1.50 bits per heavy atom. The fourth-order valence-corrected chi connectivity index (χ4v) is 2.74. The highest BCUT2D eigenvalue weighted by atomic mass is 79.9. The lowest BCUT2D eigenvalue weighted by atomic mass is 10.1. The maximum atomic E-state index is 4.68. The van der Waals surface area contributed by atoms with Crippen LogP contribution in [0.4, 0.5) is 0 Å². The van der Waals surface area contributed by atoms with Crippen LogP contribution in [0.15, 0.2) is 71.2 Å². The third-order valence-electron chi connectivity index (χ3n) is 3.76. The Morgan fingerprint density at radius 3 is 2.12 bits per heavy atom. The molecule has 1 heterocycles. The molecule has 24 heavy (non-hydrogen) atoms. The third kappa shape index (κ3) is 5.25. The average Bonchev–Trinajstić information content (AvgIpc) is 2.64. The first-order chi connectivity index (χ1) is 11.7. The van der Waals surface area contributed by atoms with E-state index in [0.29, 0.717) is 0 Å². The number of hydrogen-bond donors (Lipinski definition) is 0. The van der Waals surface area contributed by atoms with Crippen molar-refractivity contribution in [2.75, 3.05) is 5.83 Å². The molecule has 0 saturated carbocycles. The van der Waals surface area contributed by atoms with Gasteiger partial charge in [-0.1, -0.05) is 79.0 Å². The maximum absolute atomic E-state index is 4.68. The second-order valence-electron chi connectivity index (χ2n) is 5.33. The second kappa shape index (κ2) is 9.70. The summed E-state index contributed by atoms with van der Waals surface area (Å²) in [5.74, 6) is 1.81. The highest BCUT2D eigenvalue weighted by Gasteiger charge is 2.11. The van der Waals surface area contributed by atoms with Gasteiger partial charge in [0.25, 0.3) is 0 Å². The predicted molar refractivity (Wildman–Crippen MR) is 107 cm³/mol. The van der Waals surface area contributed by atoms with Gasteiger partial charge in [-0.25, -0.2) is 0 Å². The van der Waals surface area contributed by atoms with E-state index in [1.165, 1.54) is 11.3 Å². The minimum atomic E-state index is 0.986. The fourth-order valence-electron chi connectivity index (χ4n) is 2.47. The number of aromatic nitrogens is 2. The lowest BCUT2D eigenvalue weighted by Crippen LogP contribution is -2.38. The van der Waals surface area contributed by atoms with E-state index in [1.807, 2.05) is 35.8 Å². The Hall–Kier alpha value is -1.52. The summed E-state index contributed by atoms with van der Waals surface area (Å²) in [6.45, 7) is 0. The maximum Gasteiger partial charge on any atom is 0.208 e. The highest BCUT2D eigenvalue weighted by Crippen LogP contribution is 2.15. The summed E-state index contributed by atoms with van der Waals surface area (Å²) in [7, 11) is 2.02. The molecule has 0 bridgehead atoms. The molecule has 0 atom stereocenters. The van der Waals surface area contributed by atoms with Gasteiger partial charge in [-0.2, -0.15) is 0 Å². The molecule has 0 radical (unpaired) electrons. The standard InChI is InChI=1S/C19H18BrN2.CH3Br/c1-22-18(12-9-15-7-10-17(20)11-8-15)13-14-19(21-22)16-5-3-2-4-6-16;1-2/h2-8,10-11,13-14H,9,12H2,1H3;1H3/q+1;. The van der Waals surface area contributed by atoms with Gasteiger partial charge in [0, 0.05) is 27.6 Å². The summed E-state index contributed by atoms with van der Waals surface area (Å²) >= 11 is 6.41. The minimum absolute atomic E-state index is 0.986. The SMILES string of the molecule is CBr.C[n+]1nc(-c2ccccc2)ccc1CCc1ccc(Br)cc1. The molecular weight excluding hydrogens is 428 g/mol. The molecule has 3 aromatic rings. The molecule has 0 amide bonds. The molecule has 124 valence electrons. The molecule has 0 fully saturated rings. The highest BCUT2D eigenvalue weighted by molar-refractivity contribution is 9.10. The van der Waals surface area contributed by atoms with Crippen molar-refractivity contribution in [1.29, 1.82) is 0 Å². The summed E-state index contributed by atoms with van der Waals surface area (Å²) < 4.78 is 3.11. The van der Waals surface area contributed by atoms with Gasteiger partial charge in [0.15, 0.2) is 7.05 Å². The van der Waals surface area contributed by atoms with Crippen molar-refractivity contribution in [2.45, 2.75) is 12.8 Å². The zero-order valence-electron chi connectivity index (χ0n) is 13.9. The van der Waals surface area contributed by atoms with Crippen LogP contribution >= 0.6 is 31.9 Å². The van der Waals surface area contributed by atoms with E-state index in [-0.39, 0.29) is 0 Å². The van der Waals surface area contributed by atoms with E-state index < -0.39 is 0 Å². The van der Waals surface area contributed by atoms with Crippen LogP contribution in [0.1, 0.15) is 11.3 Å². The molecule has 0 aliphatic heterocycles. The van der Waals surface area contributed by atoms with Gasteiger partial charge in [-0.15, -0.1) is 0 Å². The lowest BCUT2D eigenvalue weighted by Gasteiger charge is -2.03. The van der Waals surface area contributed by atoms with Gasteiger partial charge in [0.2, 0.25) is 5.69 Å². The van der Waals surface area contributed by atoms with Crippen molar-refractivity contribution >= 4 is 31.9 Å². The van der Waals surface area contributed by atoms with Crippen molar-refractivity contribution in [2.24, 2.45) is 7.05 Å². The Kier molecular flexibility index (Phi) is 7.60. The molecule has 0 saturated heterocycles. The molecule has 4 heteroatoms. The smallest absolute Gasteiger partial charge is 0.0966 e. The van der Waals surface area contributed by atoms with Gasteiger partial charge >= 0.3 is 0 Å². The number of alkyl halides is 1. The number of halogens is 2. The number of hydrogen-bond acceptors (Lipinski definition) is 1. The second-order valence-corrected chi connectivity index (χ2v) is 6.24. The first kappa shape index (κ1) is 18.8. The first-order valence-corrected chi connectivity index (χ1v) is 10.1. The normalized spacial score (nSPS) is 10.0. The van der Waals surface area contributed by atoms with Crippen molar-refractivity contribution in [1.82, 2.24) is 5.10 Å². The molecule has 3 rings (SSSR count). The van der Waals surface area contributed by atoms with Crippen LogP contribution < -0.4 is 4.68 Å². The van der Waals surface area contributed by atoms with Crippen LogP contribution in [0.25, 0.3) is 11.3 Å². The van der Waals surface area contributed by atoms with Crippen LogP contribution in [0.5, 0.6) is 0 Å². The largest absolute Gasteiger partial charge is 0.208 e. The molecule has 1 aromatic heterocycles. The summed E-state index contributed by atoms with van der Waals surface area (Å²) in [6.07, 6.45) is 2.01. The van der Waals surface area contributed by atoms with Crippen molar-refractivity contribution in [3.63, 3.8) is 0 Å². The topological polar surface area (TPSA) is 16.8 Å². The summed E-state index contributed by atoms with van der Waals surface area (Å²) in [5.41, 5.74) is 4.74. The zero-order valence-corrected chi connectivity index (χ0v) is 17.1. The van der Waals surface area contributed by atoms with E-state index in [1.54, 1.807) is 0 Å². The lowest BCUT2D eigenvalue weighted by molar-refractivity contribution is -0.736. The van der Waals surface area contributed by atoms with Crippen LogP contribution in [0.3, 0.4) is 0 Å². The van der Waals surface area contributed by atoms with Gasteiger partial charge in [0.1, 0.15) is 5.69 Å². The predicted octanol–water partition coefficient (Wildman–Crippen LogP) is 5.13. The van der Waals surface area contributed by atoms with E-state index in [2.05, 4.69) is 85.5 Å². The van der Waals surface area contributed by atoms with Crippen molar-refractivity contribution in [3.05, 3.63) is 82.5 Å². The Bertz CT molecular complexity index is 756. The van der Waals surface area contributed by atoms with Gasteiger partial charge in [-0.05, 0) is 36.0 Å². The third-order valence-corrected chi connectivity index (χ3v) is 4.29. The van der Waals surface area contributed by atoms with Gasteiger partial charge < -0.3 is 0 Å². The van der Waals surface area contributed by atoms with Crippen LogP contribution in [-0.2, 0) is 19.9 Å². The van der Waals surface area contributed by atoms with E-state index in [4.69, 9.17) is 0 Å². The molecule has 2 nitrogen and oxygen atoms in total. The van der Waals surface area contributed by atoms with E-state index in [0.717, 1.165) is 28.6 Å². The number of aryl methyl sites for hydroxylation is 3. The molecule has 0 spiro atoms. The van der Waals surface area contributed by atoms with Gasteiger partial charge in [0.05, 0.1) is 0 Å². The monoisotopic (exact) mass is 447 g/mol. The van der Waals surface area contributed by atoms with Crippen molar-refractivity contribution < 1.29 is 4.68 Å². The number of benzene rings is 2. The van der Waals surface area contributed by atoms with Crippen molar-refractivity contribution in [3.8, 4) is 11.3 Å². The summed E-state index contributed by atoms with van der Waals surface area (Å²) in [4.78, 5) is 0. The first-order valence-electron chi connectivity index (χ1n) is 7.76. The molecule has 0 aliphatic rings. The minimum Gasteiger partial charge on any atom is -0.0966 e. The average molecular weight is 449 g/mol. The quantitative estimate of drug-likeness (QED) is 0.399. The van der Waals surface area contributed by atoms with E-state index in [9.17, 15) is 0 Å². The molecule has 0 unspecified atom stereocenters. The molecule has 0 aliphatic carbocycles. The molecule has 2 aromatic carbocycles. The zero-order chi connectivity index (χ0) is 17.4. The van der Waals surface area contributed by atoms with Crippen LogP contribution in [-0.4, -0.2) is 10.9 Å². The van der Waals surface area contributed by atoms with E-state index >= 15 is 0 Å². The molecule has 0 N–H and O–H groups in total. The number of rotatable bonds is 4. The Balaban J connectivity index is 0.00000100. The van der Waals surface area contributed by atoms with Crippen LogP contribution in [0, 0.1) is 0 Å². The Labute approximate surface area is 160 Å².